The van der Waals surface area contributed by atoms with E-state index in [0.29, 0.717) is 0 Å². The lowest BCUT2D eigenvalue weighted by molar-refractivity contribution is 0.252. The second kappa shape index (κ2) is 6.29. The van der Waals surface area contributed by atoms with Gasteiger partial charge >= 0.3 is 0 Å². The molecule has 1 N–H and O–H groups in total. The number of nitrogens with one attached hydrogen (secondary N) is 1. The van der Waals surface area contributed by atoms with Crippen LogP contribution in [-0.4, -0.2) is 32.8 Å². The fourth-order valence-electron chi connectivity index (χ4n) is 3.13. The first-order chi connectivity index (χ1) is 9.43. The molecule has 19 heavy (non-hydrogen) atoms. The Morgan fingerprint density at radius 3 is 2.63 bits per heavy atom. The zero-order valence-corrected chi connectivity index (χ0v) is 11.6. The van der Waals surface area contributed by atoms with Crippen LogP contribution < -0.4 is 15.0 Å². The van der Waals surface area contributed by atoms with Crippen molar-refractivity contribution in [3.8, 4) is 5.75 Å². The molecular formula is C16H24N2O. The summed E-state index contributed by atoms with van der Waals surface area (Å²) in [6, 6.07) is 8.50. The average Bonchev–Trinajstić information content (AvgIpc) is 3.00. The van der Waals surface area contributed by atoms with Gasteiger partial charge in [0.25, 0.3) is 0 Å². The molecule has 2 aliphatic rings. The van der Waals surface area contributed by atoms with Gasteiger partial charge in [0, 0.05) is 26.2 Å². The first-order valence-electron chi connectivity index (χ1n) is 7.61. The smallest absolute Gasteiger partial charge is 0.142 e. The third-order valence-corrected chi connectivity index (χ3v) is 4.27. The van der Waals surface area contributed by atoms with Gasteiger partial charge in [0.1, 0.15) is 5.75 Å². The summed E-state index contributed by atoms with van der Waals surface area (Å²) >= 11 is 0. The van der Waals surface area contributed by atoms with E-state index < -0.39 is 0 Å². The van der Waals surface area contributed by atoms with Gasteiger partial charge < -0.3 is 15.0 Å². The molecule has 3 heteroatoms. The largest absolute Gasteiger partial charge is 0.491 e. The minimum atomic E-state index is 0.774. The first-order valence-corrected chi connectivity index (χ1v) is 7.61. The predicted octanol–water partition coefficient (Wildman–Crippen LogP) is 2.67. The third-order valence-electron chi connectivity index (χ3n) is 4.27. The Balaban J connectivity index is 1.65. The molecule has 0 bridgehead atoms. The van der Waals surface area contributed by atoms with E-state index in [4.69, 9.17) is 4.74 Å². The molecule has 0 unspecified atom stereocenters. The molecule has 2 fully saturated rings. The second-order valence-corrected chi connectivity index (χ2v) is 5.67. The Bertz CT molecular complexity index is 395. The summed E-state index contributed by atoms with van der Waals surface area (Å²) in [7, 11) is 0. The Labute approximate surface area is 115 Å². The Kier molecular flexibility index (Phi) is 4.23. The van der Waals surface area contributed by atoms with Gasteiger partial charge in [-0.1, -0.05) is 25.0 Å². The maximum Gasteiger partial charge on any atom is 0.142 e. The van der Waals surface area contributed by atoms with Gasteiger partial charge in [-0.25, -0.2) is 0 Å². The molecule has 1 aromatic rings. The van der Waals surface area contributed by atoms with Crippen LogP contribution in [0.4, 0.5) is 5.69 Å². The SMILES string of the molecule is c1ccc(N2CCNCC2)c(OCC2CCCC2)c1. The number of hydrogen-bond acceptors (Lipinski definition) is 3. The van der Waals surface area contributed by atoms with Gasteiger partial charge in [-0.15, -0.1) is 0 Å². The van der Waals surface area contributed by atoms with Crippen molar-refractivity contribution in [2.75, 3.05) is 37.7 Å². The van der Waals surface area contributed by atoms with Gasteiger partial charge in [0.05, 0.1) is 12.3 Å². The second-order valence-electron chi connectivity index (χ2n) is 5.67. The van der Waals surface area contributed by atoms with Crippen LogP contribution in [0.5, 0.6) is 5.75 Å². The molecule has 0 atom stereocenters. The van der Waals surface area contributed by atoms with Crippen molar-refractivity contribution in [1.29, 1.82) is 0 Å². The summed E-state index contributed by atoms with van der Waals surface area (Å²) in [5.74, 6) is 1.84. The summed E-state index contributed by atoms with van der Waals surface area (Å²) in [5, 5.41) is 3.40. The normalized spacial score (nSPS) is 20.7. The van der Waals surface area contributed by atoms with E-state index in [9.17, 15) is 0 Å². The van der Waals surface area contributed by atoms with Gasteiger partial charge in [-0.2, -0.15) is 0 Å². The van der Waals surface area contributed by atoms with E-state index in [-0.39, 0.29) is 0 Å². The van der Waals surface area contributed by atoms with Crippen LogP contribution in [0.15, 0.2) is 24.3 Å². The highest BCUT2D eigenvalue weighted by Gasteiger charge is 2.18. The zero-order valence-electron chi connectivity index (χ0n) is 11.6. The summed E-state index contributed by atoms with van der Waals surface area (Å²) in [6.45, 7) is 5.17. The fourth-order valence-corrected chi connectivity index (χ4v) is 3.13. The Morgan fingerprint density at radius 2 is 1.84 bits per heavy atom. The number of ether oxygens (including phenoxy) is 1. The lowest BCUT2D eigenvalue weighted by Crippen LogP contribution is -2.43. The molecule has 1 aromatic carbocycles. The maximum atomic E-state index is 6.11. The van der Waals surface area contributed by atoms with Crippen molar-refractivity contribution in [2.45, 2.75) is 25.7 Å². The molecule has 1 saturated heterocycles. The van der Waals surface area contributed by atoms with Crippen LogP contribution in [0.3, 0.4) is 0 Å². The van der Waals surface area contributed by atoms with E-state index in [0.717, 1.165) is 44.5 Å². The quantitative estimate of drug-likeness (QED) is 0.901. The number of rotatable bonds is 4. The van der Waals surface area contributed by atoms with Crippen molar-refractivity contribution < 1.29 is 4.74 Å². The highest BCUT2D eigenvalue weighted by molar-refractivity contribution is 5.58. The van der Waals surface area contributed by atoms with Crippen molar-refractivity contribution >= 4 is 5.69 Å². The van der Waals surface area contributed by atoms with E-state index in [1.54, 1.807) is 0 Å². The number of para-hydroxylation sites is 2. The van der Waals surface area contributed by atoms with Crippen molar-refractivity contribution in [3.63, 3.8) is 0 Å². The van der Waals surface area contributed by atoms with Crippen LogP contribution >= 0.6 is 0 Å². The molecule has 1 aliphatic carbocycles. The minimum absolute atomic E-state index is 0.774. The van der Waals surface area contributed by atoms with E-state index in [1.807, 2.05) is 0 Å². The van der Waals surface area contributed by atoms with Crippen molar-refractivity contribution in [1.82, 2.24) is 5.32 Å². The molecule has 104 valence electrons. The Hall–Kier alpha value is -1.22. The Morgan fingerprint density at radius 1 is 1.11 bits per heavy atom. The van der Waals surface area contributed by atoms with Crippen LogP contribution in [0.1, 0.15) is 25.7 Å². The lowest BCUT2D eigenvalue weighted by Gasteiger charge is -2.31. The third kappa shape index (κ3) is 3.21. The molecule has 0 amide bonds. The molecular weight excluding hydrogens is 236 g/mol. The van der Waals surface area contributed by atoms with Gasteiger partial charge in [-0.3, -0.25) is 0 Å². The zero-order chi connectivity index (χ0) is 12.9. The van der Waals surface area contributed by atoms with Gasteiger partial charge in [0.15, 0.2) is 0 Å². The standard InChI is InChI=1S/C16H24N2O/c1-2-6-14(5-1)13-19-16-8-4-3-7-15(16)18-11-9-17-10-12-18/h3-4,7-8,14,17H,1-2,5-6,9-13H2. The number of hydrogen-bond donors (Lipinski definition) is 1. The summed E-state index contributed by atoms with van der Waals surface area (Å²) in [6.07, 6.45) is 5.45. The maximum absolute atomic E-state index is 6.11. The predicted molar refractivity (Wildman–Crippen MR) is 79.0 cm³/mol. The molecule has 1 aliphatic heterocycles. The molecule has 3 rings (SSSR count). The number of nitrogens with zero attached hydrogens (tertiary/aromatic N) is 1. The van der Waals surface area contributed by atoms with Crippen LogP contribution in [0.2, 0.25) is 0 Å². The highest BCUT2D eigenvalue weighted by Crippen LogP contribution is 2.31. The van der Waals surface area contributed by atoms with E-state index in [2.05, 4.69) is 34.5 Å². The average molecular weight is 260 g/mol. The minimum Gasteiger partial charge on any atom is -0.491 e. The van der Waals surface area contributed by atoms with Gasteiger partial charge in [-0.05, 0) is 30.9 Å². The van der Waals surface area contributed by atoms with Crippen LogP contribution in [0.25, 0.3) is 0 Å². The van der Waals surface area contributed by atoms with Crippen LogP contribution in [-0.2, 0) is 0 Å². The molecule has 1 heterocycles. The first kappa shape index (κ1) is 12.8. The molecule has 1 saturated carbocycles. The lowest BCUT2D eigenvalue weighted by atomic mass is 10.1. The van der Waals surface area contributed by atoms with Crippen LogP contribution in [0, 0.1) is 5.92 Å². The molecule has 0 spiro atoms. The van der Waals surface area contributed by atoms with E-state index in [1.165, 1.54) is 31.4 Å². The monoisotopic (exact) mass is 260 g/mol. The van der Waals surface area contributed by atoms with Gasteiger partial charge in [0.2, 0.25) is 0 Å². The highest BCUT2D eigenvalue weighted by atomic mass is 16.5. The van der Waals surface area contributed by atoms with Crippen molar-refractivity contribution in [3.05, 3.63) is 24.3 Å². The molecule has 0 aromatic heterocycles. The van der Waals surface area contributed by atoms with Crippen molar-refractivity contribution in [2.24, 2.45) is 5.92 Å². The number of benzene rings is 1. The summed E-state index contributed by atoms with van der Waals surface area (Å²) in [5.41, 5.74) is 1.27. The number of anilines is 1. The summed E-state index contributed by atoms with van der Waals surface area (Å²) in [4.78, 5) is 2.43. The summed E-state index contributed by atoms with van der Waals surface area (Å²) < 4.78 is 6.11. The fraction of sp³-hybridized carbons (Fsp3) is 0.625. The molecule has 3 nitrogen and oxygen atoms in total. The number of piperazine rings is 1. The van der Waals surface area contributed by atoms with E-state index >= 15 is 0 Å². The topological polar surface area (TPSA) is 24.5 Å². The molecule has 0 radical (unpaired) electrons.